The second-order valence-corrected chi connectivity index (χ2v) is 2.04. The van der Waals surface area contributed by atoms with E-state index < -0.39 is 0 Å². The Bertz CT molecular complexity index is 78.6. The Labute approximate surface area is 50.6 Å². The highest BCUT2D eigenvalue weighted by molar-refractivity contribution is 5.85. The molecular formula is C6H14N2. The lowest BCUT2D eigenvalue weighted by Crippen LogP contribution is -2.19. The maximum atomic E-state index is 7.22. The van der Waals surface area contributed by atoms with Crippen LogP contribution in [0.4, 0.5) is 0 Å². The van der Waals surface area contributed by atoms with Gasteiger partial charge in [-0.3, -0.25) is 0 Å². The molecule has 0 saturated heterocycles. The summed E-state index contributed by atoms with van der Waals surface area (Å²) in [6, 6.07) is 0. The lowest BCUT2D eigenvalue weighted by Gasteiger charge is -2.05. The zero-order valence-corrected chi connectivity index (χ0v) is 5.57. The molecule has 0 aliphatic heterocycles. The van der Waals surface area contributed by atoms with Crippen molar-refractivity contribution in [3.8, 4) is 0 Å². The molecule has 48 valence electrons. The molecule has 0 aromatic heterocycles. The first kappa shape index (κ1) is 7.63. The van der Waals surface area contributed by atoms with Crippen molar-refractivity contribution in [1.29, 1.82) is 5.41 Å². The molecule has 0 aliphatic carbocycles. The summed E-state index contributed by atoms with van der Waals surface area (Å²) in [5.74, 6) is 0.375. The molecule has 2 heteroatoms. The van der Waals surface area contributed by atoms with Crippen LogP contribution in [0.25, 0.3) is 0 Å². The fraction of sp³-hybridized carbons (Fsp3) is 0.833. The van der Waals surface area contributed by atoms with Crippen LogP contribution in [0.1, 0.15) is 20.3 Å². The van der Waals surface area contributed by atoms with Crippen LogP contribution in [0.3, 0.4) is 0 Å². The van der Waals surface area contributed by atoms with Gasteiger partial charge in [0.15, 0.2) is 0 Å². The highest BCUT2D eigenvalue weighted by atomic mass is 14.6. The summed E-state index contributed by atoms with van der Waals surface area (Å²) in [4.78, 5) is 0. The third kappa shape index (κ3) is 2.07. The molecule has 3 N–H and O–H groups in total. The first-order valence-electron chi connectivity index (χ1n) is 2.99. The molecule has 0 fully saturated rings. The Morgan fingerprint density at radius 3 is 2.38 bits per heavy atom. The number of rotatable bonds is 3. The predicted molar refractivity (Wildman–Crippen MR) is 36.2 cm³/mol. The highest BCUT2D eigenvalue weighted by Gasteiger charge is 2.01. The molecule has 0 heterocycles. The number of hydrogen-bond donors (Lipinski definition) is 2. The van der Waals surface area contributed by atoms with Gasteiger partial charge in [0.2, 0.25) is 0 Å². The zero-order chi connectivity index (χ0) is 6.57. The van der Waals surface area contributed by atoms with Crippen LogP contribution < -0.4 is 5.73 Å². The Morgan fingerprint density at radius 1 is 1.75 bits per heavy atom. The SMILES string of the molecule is CCC(C)C(=N)CN. The van der Waals surface area contributed by atoms with E-state index in [4.69, 9.17) is 11.1 Å². The average Bonchev–Trinajstić information content (AvgIpc) is 1.84. The van der Waals surface area contributed by atoms with Crippen LogP contribution in [-0.4, -0.2) is 12.3 Å². The highest BCUT2D eigenvalue weighted by Crippen LogP contribution is 1.99. The van der Waals surface area contributed by atoms with Crippen molar-refractivity contribution in [2.24, 2.45) is 11.7 Å². The molecule has 2 nitrogen and oxygen atoms in total. The first-order valence-corrected chi connectivity index (χ1v) is 2.99. The van der Waals surface area contributed by atoms with Crippen LogP contribution in [0.2, 0.25) is 0 Å². The van der Waals surface area contributed by atoms with Crippen molar-refractivity contribution < 1.29 is 0 Å². The van der Waals surface area contributed by atoms with Crippen molar-refractivity contribution in [2.45, 2.75) is 20.3 Å². The van der Waals surface area contributed by atoms with E-state index in [9.17, 15) is 0 Å². The van der Waals surface area contributed by atoms with Gasteiger partial charge < -0.3 is 11.1 Å². The molecular weight excluding hydrogens is 100 g/mol. The molecule has 0 rings (SSSR count). The minimum atomic E-state index is 0.375. The third-order valence-electron chi connectivity index (χ3n) is 1.43. The average molecular weight is 114 g/mol. The van der Waals surface area contributed by atoms with Gasteiger partial charge in [-0.1, -0.05) is 13.8 Å². The lowest BCUT2D eigenvalue weighted by atomic mass is 10.0. The summed E-state index contributed by atoms with van der Waals surface area (Å²) < 4.78 is 0. The summed E-state index contributed by atoms with van der Waals surface area (Å²) in [5.41, 5.74) is 5.88. The third-order valence-corrected chi connectivity index (χ3v) is 1.43. The minimum Gasteiger partial charge on any atom is -0.326 e. The standard InChI is InChI=1S/C6H14N2/c1-3-5(2)6(8)4-7/h5,8H,3-4,7H2,1-2H3. The number of nitrogens with one attached hydrogen (secondary N) is 1. The van der Waals surface area contributed by atoms with Gasteiger partial charge in [0, 0.05) is 12.3 Å². The Hall–Kier alpha value is -0.370. The molecule has 0 aliphatic rings. The lowest BCUT2D eigenvalue weighted by molar-refractivity contribution is 0.725. The van der Waals surface area contributed by atoms with Crippen LogP contribution >= 0.6 is 0 Å². The van der Waals surface area contributed by atoms with Crippen molar-refractivity contribution >= 4 is 5.71 Å². The summed E-state index contributed by atoms with van der Waals surface area (Å²) in [5, 5.41) is 7.22. The van der Waals surface area contributed by atoms with Crippen LogP contribution in [0.5, 0.6) is 0 Å². The molecule has 0 bridgehead atoms. The Morgan fingerprint density at radius 2 is 2.25 bits per heavy atom. The molecule has 8 heavy (non-hydrogen) atoms. The summed E-state index contributed by atoms with van der Waals surface area (Å²) >= 11 is 0. The number of nitrogens with two attached hydrogens (primary N) is 1. The maximum Gasteiger partial charge on any atom is 0.0310 e. The van der Waals surface area contributed by atoms with E-state index in [1.165, 1.54) is 0 Å². The predicted octanol–water partition coefficient (Wildman–Crippen LogP) is 1.01. The van der Waals surface area contributed by atoms with Crippen LogP contribution in [-0.2, 0) is 0 Å². The summed E-state index contributed by atoms with van der Waals surface area (Å²) in [6.07, 6.45) is 1.02. The van der Waals surface area contributed by atoms with Gasteiger partial charge in [0.05, 0.1) is 0 Å². The van der Waals surface area contributed by atoms with Crippen LogP contribution in [0.15, 0.2) is 0 Å². The van der Waals surface area contributed by atoms with Gasteiger partial charge in [-0.05, 0) is 12.3 Å². The molecule has 0 amide bonds. The monoisotopic (exact) mass is 114 g/mol. The van der Waals surface area contributed by atoms with Crippen molar-refractivity contribution in [2.75, 3.05) is 6.54 Å². The van der Waals surface area contributed by atoms with Gasteiger partial charge in [-0.2, -0.15) is 0 Å². The molecule has 0 spiro atoms. The second kappa shape index (κ2) is 3.61. The fourth-order valence-electron chi connectivity index (χ4n) is 0.448. The zero-order valence-electron chi connectivity index (χ0n) is 5.57. The van der Waals surface area contributed by atoms with Gasteiger partial charge in [-0.25, -0.2) is 0 Å². The van der Waals surface area contributed by atoms with Crippen LogP contribution in [0, 0.1) is 11.3 Å². The Kier molecular flexibility index (Phi) is 3.44. The van der Waals surface area contributed by atoms with E-state index >= 15 is 0 Å². The topological polar surface area (TPSA) is 49.9 Å². The Balaban J connectivity index is 3.46. The normalized spacial score (nSPS) is 13.4. The molecule has 0 aromatic carbocycles. The van der Waals surface area contributed by atoms with E-state index in [1.807, 2.05) is 6.92 Å². The molecule has 1 unspecified atom stereocenters. The van der Waals surface area contributed by atoms with Gasteiger partial charge in [-0.15, -0.1) is 0 Å². The molecule has 0 radical (unpaired) electrons. The van der Waals surface area contributed by atoms with E-state index in [0.29, 0.717) is 18.2 Å². The molecule has 0 aromatic rings. The van der Waals surface area contributed by atoms with Crippen molar-refractivity contribution in [3.05, 3.63) is 0 Å². The summed E-state index contributed by atoms with van der Waals surface area (Å²) in [7, 11) is 0. The largest absolute Gasteiger partial charge is 0.326 e. The van der Waals surface area contributed by atoms with E-state index in [1.54, 1.807) is 0 Å². The van der Waals surface area contributed by atoms with Gasteiger partial charge in [0.25, 0.3) is 0 Å². The van der Waals surface area contributed by atoms with Gasteiger partial charge in [0.1, 0.15) is 0 Å². The maximum absolute atomic E-state index is 7.22. The number of hydrogen-bond acceptors (Lipinski definition) is 2. The van der Waals surface area contributed by atoms with Gasteiger partial charge >= 0.3 is 0 Å². The van der Waals surface area contributed by atoms with Crippen molar-refractivity contribution in [1.82, 2.24) is 0 Å². The summed E-state index contributed by atoms with van der Waals surface area (Å²) in [6.45, 7) is 4.50. The van der Waals surface area contributed by atoms with Crippen molar-refractivity contribution in [3.63, 3.8) is 0 Å². The smallest absolute Gasteiger partial charge is 0.0310 e. The van der Waals surface area contributed by atoms with E-state index in [-0.39, 0.29) is 0 Å². The van der Waals surface area contributed by atoms with E-state index in [2.05, 4.69) is 6.92 Å². The first-order chi connectivity index (χ1) is 3.72. The second-order valence-electron chi connectivity index (χ2n) is 2.04. The quantitative estimate of drug-likeness (QED) is 0.528. The molecule has 1 atom stereocenters. The molecule has 0 saturated carbocycles. The minimum absolute atomic E-state index is 0.375. The van der Waals surface area contributed by atoms with E-state index in [0.717, 1.165) is 6.42 Å². The fourth-order valence-corrected chi connectivity index (χ4v) is 0.448.